The van der Waals surface area contributed by atoms with E-state index in [9.17, 15) is 5.11 Å². The van der Waals surface area contributed by atoms with Crippen LogP contribution in [0.1, 0.15) is 30.9 Å². The van der Waals surface area contributed by atoms with E-state index in [2.05, 4.69) is 31.5 Å². The van der Waals surface area contributed by atoms with Crippen LogP contribution in [-0.4, -0.2) is 38.8 Å². The number of benzene rings is 2. The minimum absolute atomic E-state index is 0.368. The van der Waals surface area contributed by atoms with Crippen molar-refractivity contribution in [2.24, 2.45) is 0 Å². The van der Waals surface area contributed by atoms with Crippen molar-refractivity contribution in [3.63, 3.8) is 0 Å². The van der Waals surface area contributed by atoms with E-state index in [1.165, 1.54) is 19.3 Å². The fourth-order valence-corrected chi connectivity index (χ4v) is 4.54. The second-order valence-corrected chi connectivity index (χ2v) is 8.46. The Labute approximate surface area is 173 Å². The lowest BCUT2D eigenvalue weighted by molar-refractivity contribution is 0.155. The Morgan fingerprint density at radius 1 is 0.929 bits per heavy atom. The van der Waals surface area contributed by atoms with E-state index in [4.69, 9.17) is 5.41 Å². The molecule has 0 amide bonds. The molecule has 0 spiro atoms. The summed E-state index contributed by atoms with van der Waals surface area (Å²) in [5, 5.41) is 19.6. The van der Waals surface area contributed by atoms with Crippen LogP contribution in [0.5, 0.6) is 0 Å². The van der Waals surface area contributed by atoms with Crippen molar-refractivity contribution in [1.29, 1.82) is 5.41 Å². The maximum absolute atomic E-state index is 10.8. The molecule has 3 aromatic rings. The van der Waals surface area contributed by atoms with E-state index in [1.807, 2.05) is 47.0 Å². The Morgan fingerprint density at radius 3 is 2.36 bits per heavy atom. The lowest BCUT2D eigenvalue weighted by Crippen LogP contribution is -2.35. The number of aliphatic hydroxyl groups excluding tert-OH is 1. The number of rotatable bonds is 6. The Hall–Kier alpha value is -1.89. The van der Waals surface area contributed by atoms with Gasteiger partial charge in [0.1, 0.15) is 0 Å². The molecule has 1 saturated heterocycles. The number of nitrogens with zero attached hydrogens (tertiary/aromatic N) is 3. The summed E-state index contributed by atoms with van der Waals surface area (Å²) in [5.41, 5.74) is 3.37. The average molecular weight is 443 g/mol. The summed E-state index contributed by atoms with van der Waals surface area (Å²) in [6, 6.07) is 15.9. The first-order valence-corrected chi connectivity index (χ1v) is 10.8. The molecule has 0 aliphatic carbocycles. The normalized spacial score (nSPS) is 16.5. The molecule has 5 nitrogen and oxygen atoms in total. The van der Waals surface area contributed by atoms with Gasteiger partial charge in [0.2, 0.25) is 5.62 Å². The summed E-state index contributed by atoms with van der Waals surface area (Å²) >= 11 is 3.47. The lowest BCUT2D eigenvalue weighted by atomic mass is 10.1. The van der Waals surface area contributed by atoms with Gasteiger partial charge in [-0.1, -0.05) is 46.6 Å². The number of hydrogen-bond acceptors (Lipinski definition) is 3. The second kappa shape index (κ2) is 8.64. The topological polar surface area (TPSA) is 57.2 Å². The van der Waals surface area contributed by atoms with Gasteiger partial charge in [0, 0.05) is 17.6 Å². The molecule has 1 fully saturated rings. The smallest absolute Gasteiger partial charge is 0.203 e. The summed E-state index contributed by atoms with van der Waals surface area (Å²) in [4.78, 5) is 2.50. The van der Waals surface area contributed by atoms with Crippen LogP contribution >= 0.6 is 15.9 Å². The van der Waals surface area contributed by atoms with E-state index >= 15 is 0 Å². The first kappa shape index (κ1) is 19.4. The minimum Gasteiger partial charge on any atom is -0.387 e. The second-order valence-electron chi connectivity index (χ2n) is 7.55. The number of aliphatic hydroxyl groups is 1. The van der Waals surface area contributed by atoms with Crippen molar-refractivity contribution in [1.82, 2.24) is 14.0 Å². The predicted molar refractivity (Wildman–Crippen MR) is 115 cm³/mol. The third-order valence-electron chi connectivity index (χ3n) is 5.65. The van der Waals surface area contributed by atoms with E-state index in [-0.39, 0.29) is 0 Å². The quantitative estimate of drug-likeness (QED) is 0.607. The van der Waals surface area contributed by atoms with Crippen LogP contribution in [0.2, 0.25) is 0 Å². The molecule has 0 saturated carbocycles. The third-order valence-corrected chi connectivity index (χ3v) is 6.15. The van der Waals surface area contributed by atoms with Crippen molar-refractivity contribution >= 4 is 27.0 Å². The van der Waals surface area contributed by atoms with Gasteiger partial charge in [-0.3, -0.25) is 5.41 Å². The summed E-state index contributed by atoms with van der Waals surface area (Å²) in [6.07, 6.45) is 3.23. The molecule has 1 atom stereocenters. The van der Waals surface area contributed by atoms with Crippen molar-refractivity contribution in [2.75, 3.05) is 19.6 Å². The lowest BCUT2D eigenvalue weighted by Gasteiger charge is -2.26. The number of para-hydroxylation sites is 2. The van der Waals surface area contributed by atoms with Gasteiger partial charge in [0.05, 0.1) is 23.7 Å². The molecule has 2 heterocycles. The van der Waals surface area contributed by atoms with Crippen molar-refractivity contribution < 1.29 is 5.11 Å². The van der Waals surface area contributed by atoms with Gasteiger partial charge in [-0.2, -0.15) is 0 Å². The van der Waals surface area contributed by atoms with Gasteiger partial charge >= 0.3 is 0 Å². The number of halogens is 1. The highest BCUT2D eigenvalue weighted by atomic mass is 79.9. The molecule has 4 rings (SSSR count). The van der Waals surface area contributed by atoms with Gasteiger partial charge in [-0.15, -0.1) is 0 Å². The van der Waals surface area contributed by atoms with Crippen LogP contribution in [0.25, 0.3) is 11.0 Å². The van der Waals surface area contributed by atoms with Crippen LogP contribution in [0.3, 0.4) is 0 Å². The van der Waals surface area contributed by atoms with Crippen molar-refractivity contribution in [3.8, 4) is 0 Å². The zero-order valence-electron chi connectivity index (χ0n) is 16.0. The highest BCUT2D eigenvalue weighted by molar-refractivity contribution is 9.10. The highest BCUT2D eigenvalue weighted by Gasteiger charge is 2.16. The third kappa shape index (κ3) is 4.09. The molecule has 148 valence electrons. The molecule has 1 unspecified atom stereocenters. The summed E-state index contributed by atoms with van der Waals surface area (Å²) in [7, 11) is 0. The van der Waals surface area contributed by atoms with Gasteiger partial charge in [0.15, 0.2) is 0 Å². The minimum atomic E-state index is -0.659. The number of hydrogen-bond donors (Lipinski definition) is 2. The van der Waals surface area contributed by atoms with Gasteiger partial charge in [-0.05, 0) is 55.8 Å². The fraction of sp³-hybridized carbons (Fsp3) is 0.409. The molecule has 2 N–H and O–H groups in total. The predicted octanol–water partition coefficient (Wildman–Crippen LogP) is 3.90. The number of nitrogens with one attached hydrogen (secondary N) is 1. The highest BCUT2D eigenvalue weighted by Crippen LogP contribution is 2.21. The standard InChI is InChI=1S/C22H27BrN4O/c23-18-8-6-7-17(15-18)21(28)16-27-20-10-3-2-9-19(20)26(22(27)24)14-13-25-11-4-1-5-12-25/h2-3,6-10,15,21,24,28H,1,4-5,11-14,16H2. The molecule has 0 radical (unpaired) electrons. The number of piperidine rings is 1. The molecule has 0 bridgehead atoms. The van der Waals surface area contributed by atoms with Crippen molar-refractivity contribution in [2.45, 2.75) is 38.5 Å². The monoisotopic (exact) mass is 442 g/mol. The first-order valence-electron chi connectivity index (χ1n) is 10.0. The van der Waals surface area contributed by atoms with Gasteiger partial charge < -0.3 is 19.1 Å². The van der Waals surface area contributed by atoms with Crippen LogP contribution in [0, 0.1) is 5.41 Å². The summed E-state index contributed by atoms with van der Waals surface area (Å²) < 4.78 is 4.96. The van der Waals surface area contributed by atoms with E-state index in [0.717, 1.165) is 47.2 Å². The summed E-state index contributed by atoms with van der Waals surface area (Å²) in [5.74, 6) is 0. The molecule has 28 heavy (non-hydrogen) atoms. The van der Waals surface area contributed by atoms with Crippen LogP contribution < -0.4 is 5.62 Å². The zero-order valence-corrected chi connectivity index (χ0v) is 17.6. The molecule has 6 heteroatoms. The molecule has 1 aromatic heterocycles. The Kier molecular flexibility index (Phi) is 5.99. The van der Waals surface area contributed by atoms with Crippen LogP contribution in [-0.2, 0) is 13.1 Å². The van der Waals surface area contributed by atoms with Crippen LogP contribution in [0.15, 0.2) is 53.0 Å². The van der Waals surface area contributed by atoms with Crippen molar-refractivity contribution in [3.05, 3.63) is 64.2 Å². The molecule has 1 aliphatic heterocycles. The average Bonchev–Trinajstić information content (AvgIpc) is 2.98. The molecule has 1 aliphatic rings. The maximum atomic E-state index is 10.8. The Bertz CT molecular complexity index is 1000. The van der Waals surface area contributed by atoms with E-state index in [0.29, 0.717) is 12.2 Å². The molecule has 2 aromatic carbocycles. The Balaban J connectivity index is 1.61. The SMILES string of the molecule is N=c1n(CCN2CCCCC2)c2ccccc2n1CC(O)c1cccc(Br)c1. The fourth-order valence-electron chi connectivity index (χ4n) is 4.12. The van der Waals surface area contributed by atoms with Crippen LogP contribution in [0.4, 0.5) is 0 Å². The number of fused-ring (bicyclic) bond motifs is 1. The maximum Gasteiger partial charge on any atom is 0.203 e. The number of aromatic nitrogens is 2. The van der Waals surface area contributed by atoms with E-state index in [1.54, 1.807) is 0 Å². The number of likely N-dealkylation sites (tertiary alicyclic amines) is 1. The zero-order chi connectivity index (χ0) is 19.5. The molecular weight excluding hydrogens is 416 g/mol. The first-order chi connectivity index (χ1) is 13.6. The molecular formula is C22H27BrN4O. The van der Waals surface area contributed by atoms with Gasteiger partial charge in [0.25, 0.3) is 0 Å². The number of imidazole rings is 1. The van der Waals surface area contributed by atoms with Gasteiger partial charge in [-0.25, -0.2) is 0 Å². The van der Waals surface area contributed by atoms with E-state index < -0.39 is 6.10 Å². The largest absolute Gasteiger partial charge is 0.387 e. The summed E-state index contributed by atoms with van der Waals surface area (Å²) in [6.45, 7) is 4.47. The Morgan fingerprint density at radius 2 is 1.64 bits per heavy atom.